The van der Waals surface area contributed by atoms with Crippen molar-refractivity contribution >= 4 is 5.97 Å². The fraction of sp³-hybridized carbons (Fsp3) is 0.722. The Bertz CT molecular complexity index is 267. The van der Waals surface area contributed by atoms with Gasteiger partial charge in [-0.2, -0.15) is 0 Å². The summed E-state index contributed by atoms with van der Waals surface area (Å²) in [5.41, 5.74) is 0. The number of carbonyl (C=O) groups excluding carboxylic acids is 1. The van der Waals surface area contributed by atoms with Gasteiger partial charge in [-0.15, -0.1) is 0 Å². The molecule has 0 saturated heterocycles. The van der Waals surface area contributed by atoms with Gasteiger partial charge in [-0.3, -0.25) is 4.79 Å². The maximum atomic E-state index is 10.5. The Hall–Kier alpha value is -1.05. The van der Waals surface area contributed by atoms with Gasteiger partial charge < -0.3 is 4.74 Å². The lowest BCUT2D eigenvalue weighted by Gasteiger charge is -2.00. The van der Waals surface area contributed by atoms with Crippen LogP contribution in [0.25, 0.3) is 0 Å². The molecule has 0 saturated carbocycles. The van der Waals surface area contributed by atoms with Crippen LogP contribution in [0.5, 0.6) is 0 Å². The van der Waals surface area contributed by atoms with Gasteiger partial charge in [0.2, 0.25) is 0 Å². The molecule has 0 fully saturated rings. The highest BCUT2D eigenvalue weighted by molar-refractivity contribution is 5.65. The van der Waals surface area contributed by atoms with Crippen molar-refractivity contribution in [3.8, 4) is 0 Å². The van der Waals surface area contributed by atoms with Crippen LogP contribution in [0.2, 0.25) is 0 Å². The molecule has 0 rings (SSSR count). The minimum absolute atomic E-state index is 0.173. The van der Waals surface area contributed by atoms with Gasteiger partial charge >= 0.3 is 5.97 Å². The average Bonchev–Trinajstić information content (AvgIpc) is 2.43. The quantitative estimate of drug-likeness (QED) is 0.250. The average molecular weight is 280 g/mol. The summed E-state index contributed by atoms with van der Waals surface area (Å²) in [7, 11) is 0. The van der Waals surface area contributed by atoms with Crippen LogP contribution in [0, 0.1) is 0 Å². The molecule has 0 unspecified atom stereocenters. The Morgan fingerprint density at radius 2 is 1.35 bits per heavy atom. The molecule has 0 spiro atoms. The van der Waals surface area contributed by atoms with Gasteiger partial charge in [0.1, 0.15) is 0 Å². The second-order valence-corrected chi connectivity index (χ2v) is 5.21. The first-order chi connectivity index (χ1) is 9.77. The third-order valence-electron chi connectivity index (χ3n) is 3.12. The third-order valence-corrected chi connectivity index (χ3v) is 3.12. The standard InChI is InChI=1S/C18H32O2/c1-3-4-5-6-7-8-9-10-11-12-13-14-15-16-17-20-18(2)19/h6-7,11-12H,3-5,8-10,13-17H2,1-2H3/b7-6-,12-11+. The smallest absolute Gasteiger partial charge is 0.302 e. The Morgan fingerprint density at radius 3 is 1.90 bits per heavy atom. The van der Waals surface area contributed by atoms with E-state index < -0.39 is 0 Å². The molecule has 0 heterocycles. The zero-order valence-corrected chi connectivity index (χ0v) is 13.4. The molecular weight excluding hydrogens is 248 g/mol. The van der Waals surface area contributed by atoms with Crippen LogP contribution in [-0.4, -0.2) is 12.6 Å². The lowest BCUT2D eigenvalue weighted by atomic mass is 10.1. The SMILES string of the molecule is CCCC/C=C\CCC/C=C/CCCCCOC(C)=O. The van der Waals surface area contributed by atoms with Crippen molar-refractivity contribution in [2.45, 2.75) is 78.1 Å². The predicted octanol–water partition coefficient (Wildman–Crippen LogP) is 5.58. The summed E-state index contributed by atoms with van der Waals surface area (Å²) in [4.78, 5) is 10.5. The van der Waals surface area contributed by atoms with E-state index in [1.54, 1.807) is 0 Å². The molecule has 0 aliphatic heterocycles. The molecule has 0 N–H and O–H groups in total. The number of ether oxygens (including phenoxy) is 1. The molecule has 0 aliphatic rings. The van der Waals surface area contributed by atoms with Gasteiger partial charge in [0.15, 0.2) is 0 Å². The van der Waals surface area contributed by atoms with Crippen LogP contribution in [-0.2, 0) is 9.53 Å². The zero-order valence-electron chi connectivity index (χ0n) is 13.4. The van der Waals surface area contributed by atoms with Crippen LogP contribution in [0.1, 0.15) is 78.1 Å². The van der Waals surface area contributed by atoms with Gasteiger partial charge in [-0.05, 0) is 51.4 Å². The van der Waals surface area contributed by atoms with Crippen LogP contribution in [0.3, 0.4) is 0 Å². The molecule has 0 aromatic heterocycles. The summed E-state index contributed by atoms with van der Waals surface area (Å²) in [5.74, 6) is -0.173. The zero-order chi connectivity index (χ0) is 14.9. The van der Waals surface area contributed by atoms with Crippen LogP contribution in [0.15, 0.2) is 24.3 Å². The number of hydrogen-bond acceptors (Lipinski definition) is 2. The number of rotatable bonds is 13. The molecule has 20 heavy (non-hydrogen) atoms. The Labute approximate surface area is 125 Å². The summed E-state index contributed by atoms with van der Waals surface area (Å²) in [5, 5.41) is 0. The van der Waals surface area contributed by atoms with E-state index in [-0.39, 0.29) is 5.97 Å². The monoisotopic (exact) mass is 280 g/mol. The number of unbranched alkanes of at least 4 members (excludes halogenated alkanes) is 7. The van der Waals surface area contributed by atoms with Gasteiger partial charge in [0, 0.05) is 6.92 Å². The molecule has 0 aliphatic carbocycles. The molecule has 2 nitrogen and oxygen atoms in total. The Kier molecular flexibility index (Phi) is 15.2. The highest BCUT2D eigenvalue weighted by atomic mass is 16.5. The fourth-order valence-corrected chi connectivity index (χ4v) is 1.90. The summed E-state index contributed by atoms with van der Waals surface area (Å²) in [6.45, 7) is 4.26. The van der Waals surface area contributed by atoms with Gasteiger partial charge in [0.25, 0.3) is 0 Å². The van der Waals surface area contributed by atoms with Crippen molar-refractivity contribution in [2.24, 2.45) is 0 Å². The van der Waals surface area contributed by atoms with E-state index in [9.17, 15) is 4.79 Å². The predicted molar refractivity (Wildman–Crippen MR) is 86.8 cm³/mol. The van der Waals surface area contributed by atoms with Crippen molar-refractivity contribution in [1.82, 2.24) is 0 Å². The minimum atomic E-state index is -0.173. The minimum Gasteiger partial charge on any atom is -0.466 e. The first kappa shape index (κ1) is 18.9. The molecular formula is C18H32O2. The highest BCUT2D eigenvalue weighted by Crippen LogP contribution is 2.04. The van der Waals surface area contributed by atoms with E-state index in [0.29, 0.717) is 6.61 Å². The number of allylic oxidation sites excluding steroid dienone is 4. The largest absolute Gasteiger partial charge is 0.466 e. The van der Waals surface area contributed by atoms with Gasteiger partial charge in [-0.1, -0.05) is 44.1 Å². The van der Waals surface area contributed by atoms with E-state index in [2.05, 4.69) is 31.2 Å². The van der Waals surface area contributed by atoms with Crippen LogP contribution < -0.4 is 0 Å². The molecule has 0 bridgehead atoms. The summed E-state index contributed by atoms with van der Waals surface area (Å²) < 4.78 is 4.89. The number of hydrogen-bond donors (Lipinski definition) is 0. The van der Waals surface area contributed by atoms with Crippen molar-refractivity contribution < 1.29 is 9.53 Å². The lowest BCUT2D eigenvalue weighted by Crippen LogP contribution is -1.99. The van der Waals surface area contributed by atoms with Crippen LogP contribution in [0.4, 0.5) is 0 Å². The summed E-state index contributed by atoms with van der Waals surface area (Å²) in [6, 6.07) is 0. The van der Waals surface area contributed by atoms with Gasteiger partial charge in [-0.25, -0.2) is 0 Å². The lowest BCUT2D eigenvalue weighted by molar-refractivity contribution is -0.141. The van der Waals surface area contributed by atoms with Crippen molar-refractivity contribution in [3.63, 3.8) is 0 Å². The molecule has 0 aromatic carbocycles. The second-order valence-electron chi connectivity index (χ2n) is 5.21. The van der Waals surface area contributed by atoms with Crippen molar-refractivity contribution in [3.05, 3.63) is 24.3 Å². The molecule has 0 radical (unpaired) electrons. The maximum absolute atomic E-state index is 10.5. The van der Waals surface area contributed by atoms with E-state index in [4.69, 9.17) is 4.74 Å². The third kappa shape index (κ3) is 16.9. The molecule has 116 valence electrons. The van der Waals surface area contributed by atoms with Crippen LogP contribution >= 0.6 is 0 Å². The number of esters is 1. The van der Waals surface area contributed by atoms with Gasteiger partial charge in [0.05, 0.1) is 6.61 Å². The van der Waals surface area contributed by atoms with Crippen molar-refractivity contribution in [1.29, 1.82) is 0 Å². The van der Waals surface area contributed by atoms with E-state index in [1.807, 2.05) is 0 Å². The highest BCUT2D eigenvalue weighted by Gasteiger charge is 1.92. The first-order valence-electron chi connectivity index (χ1n) is 8.20. The molecule has 0 aromatic rings. The fourth-order valence-electron chi connectivity index (χ4n) is 1.90. The molecule has 0 amide bonds. The Balaban J connectivity index is 3.16. The van der Waals surface area contributed by atoms with E-state index >= 15 is 0 Å². The molecule has 2 heteroatoms. The van der Waals surface area contributed by atoms with E-state index in [1.165, 1.54) is 51.9 Å². The van der Waals surface area contributed by atoms with Crippen molar-refractivity contribution in [2.75, 3.05) is 6.61 Å². The summed E-state index contributed by atoms with van der Waals surface area (Å²) in [6.07, 6.45) is 21.2. The topological polar surface area (TPSA) is 26.3 Å². The maximum Gasteiger partial charge on any atom is 0.302 e. The van der Waals surface area contributed by atoms with E-state index in [0.717, 1.165) is 19.3 Å². The summed E-state index contributed by atoms with van der Waals surface area (Å²) >= 11 is 0. The Morgan fingerprint density at radius 1 is 0.800 bits per heavy atom. The normalized spacial score (nSPS) is 11.5. The second kappa shape index (κ2) is 16.0. The first-order valence-corrected chi connectivity index (χ1v) is 8.20. The molecule has 0 atom stereocenters. The number of carbonyl (C=O) groups is 1.